The number of hydrogen-bond donors (Lipinski definition) is 2. The highest BCUT2D eigenvalue weighted by Gasteiger charge is 2.15. The van der Waals surface area contributed by atoms with E-state index in [1.54, 1.807) is 6.07 Å². The Morgan fingerprint density at radius 3 is 2.10 bits per heavy atom. The van der Waals surface area contributed by atoms with Gasteiger partial charge in [0, 0.05) is 5.02 Å². The van der Waals surface area contributed by atoms with Gasteiger partial charge in [-0.25, -0.2) is 9.59 Å². The summed E-state index contributed by atoms with van der Waals surface area (Å²) in [6.45, 7) is 0. The van der Waals surface area contributed by atoms with Crippen molar-refractivity contribution in [2.24, 2.45) is 0 Å². The second-order valence-electron chi connectivity index (χ2n) is 3.99. The van der Waals surface area contributed by atoms with Crippen LogP contribution in [0.1, 0.15) is 20.7 Å². The third kappa shape index (κ3) is 2.76. The molecule has 0 heterocycles. The Morgan fingerprint density at radius 2 is 1.50 bits per heavy atom. The number of halogens is 2. The molecule has 20 heavy (non-hydrogen) atoms. The van der Waals surface area contributed by atoms with Gasteiger partial charge < -0.3 is 10.2 Å². The van der Waals surface area contributed by atoms with Gasteiger partial charge in [0.25, 0.3) is 0 Å². The van der Waals surface area contributed by atoms with Gasteiger partial charge in [0.2, 0.25) is 0 Å². The summed E-state index contributed by atoms with van der Waals surface area (Å²) in [6.07, 6.45) is 0. The first-order valence-electron chi connectivity index (χ1n) is 5.46. The van der Waals surface area contributed by atoms with Gasteiger partial charge in [-0.3, -0.25) is 0 Å². The largest absolute Gasteiger partial charge is 0.478 e. The summed E-state index contributed by atoms with van der Waals surface area (Å²) in [4.78, 5) is 22.3. The first-order chi connectivity index (χ1) is 9.40. The highest BCUT2D eigenvalue weighted by Crippen LogP contribution is 2.30. The molecule has 0 bridgehead atoms. The summed E-state index contributed by atoms with van der Waals surface area (Å²) in [5, 5.41) is 18.7. The van der Waals surface area contributed by atoms with Gasteiger partial charge in [-0.15, -0.1) is 0 Å². The molecule has 102 valence electrons. The lowest BCUT2D eigenvalue weighted by Gasteiger charge is -2.09. The lowest BCUT2D eigenvalue weighted by atomic mass is 9.98. The first-order valence-corrected chi connectivity index (χ1v) is 6.22. The van der Waals surface area contributed by atoms with Crippen molar-refractivity contribution in [1.29, 1.82) is 0 Å². The van der Waals surface area contributed by atoms with Crippen LogP contribution in [0.2, 0.25) is 10.0 Å². The lowest BCUT2D eigenvalue weighted by molar-refractivity contribution is 0.0687. The Kier molecular flexibility index (Phi) is 3.97. The fourth-order valence-corrected chi connectivity index (χ4v) is 2.17. The minimum atomic E-state index is -1.18. The summed E-state index contributed by atoms with van der Waals surface area (Å²) in [6, 6.07) is 8.58. The van der Waals surface area contributed by atoms with Gasteiger partial charge in [0.1, 0.15) is 0 Å². The Morgan fingerprint density at radius 1 is 0.850 bits per heavy atom. The van der Waals surface area contributed by atoms with Gasteiger partial charge in [-0.1, -0.05) is 29.3 Å². The first kappa shape index (κ1) is 14.4. The van der Waals surface area contributed by atoms with Crippen LogP contribution in [0.25, 0.3) is 11.1 Å². The maximum atomic E-state index is 11.2. The molecule has 2 rings (SSSR count). The molecule has 0 spiro atoms. The Balaban J connectivity index is 2.68. The highest BCUT2D eigenvalue weighted by atomic mass is 35.5. The van der Waals surface area contributed by atoms with Crippen LogP contribution in [-0.4, -0.2) is 22.2 Å². The maximum Gasteiger partial charge on any atom is 0.337 e. The zero-order valence-electron chi connectivity index (χ0n) is 9.93. The molecule has 0 aromatic heterocycles. The number of carboxylic acid groups (broad SMARTS) is 2. The SMILES string of the molecule is O=C(O)c1cc(-c2cc(Cl)ccc2C(=O)O)ccc1Cl. The fraction of sp³-hybridized carbons (Fsp3) is 0. The van der Waals surface area contributed by atoms with E-state index in [2.05, 4.69) is 0 Å². The Hall–Kier alpha value is -2.04. The van der Waals surface area contributed by atoms with Crippen molar-refractivity contribution >= 4 is 35.1 Å². The molecular formula is C14H8Cl2O4. The molecule has 2 N–H and O–H groups in total. The third-order valence-corrected chi connectivity index (χ3v) is 3.28. The summed E-state index contributed by atoms with van der Waals surface area (Å²) in [5.41, 5.74) is 0.699. The van der Waals surface area contributed by atoms with E-state index in [4.69, 9.17) is 33.4 Å². The van der Waals surface area contributed by atoms with Crippen LogP contribution in [0, 0.1) is 0 Å². The fourth-order valence-electron chi connectivity index (χ4n) is 1.80. The molecule has 0 fully saturated rings. The lowest BCUT2D eigenvalue weighted by Crippen LogP contribution is -2.01. The maximum absolute atomic E-state index is 11.2. The van der Waals surface area contributed by atoms with Crippen molar-refractivity contribution in [3.05, 3.63) is 57.6 Å². The molecule has 0 amide bonds. The van der Waals surface area contributed by atoms with Crippen LogP contribution in [0.5, 0.6) is 0 Å². The van der Waals surface area contributed by atoms with Crippen molar-refractivity contribution in [2.45, 2.75) is 0 Å². The second-order valence-corrected chi connectivity index (χ2v) is 4.84. The Bertz CT molecular complexity index is 710. The summed E-state index contributed by atoms with van der Waals surface area (Å²) in [5.74, 6) is -2.31. The normalized spacial score (nSPS) is 10.3. The summed E-state index contributed by atoms with van der Waals surface area (Å²) in [7, 11) is 0. The van der Waals surface area contributed by atoms with E-state index in [1.165, 1.54) is 30.3 Å². The predicted octanol–water partition coefficient (Wildman–Crippen LogP) is 4.06. The van der Waals surface area contributed by atoms with E-state index < -0.39 is 11.9 Å². The van der Waals surface area contributed by atoms with Crippen LogP contribution in [0.3, 0.4) is 0 Å². The summed E-state index contributed by atoms with van der Waals surface area (Å²) >= 11 is 11.7. The number of hydrogen-bond acceptors (Lipinski definition) is 2. The van der Waals surface area contributed by atoms with Crippen molar-refractivity contribution in [3.63, 3.8) is 0 Å². The van der Waals surface area contributed by atoms with Crippen LogP contribution < -0.4 is 0 Å². The van der Waals surface area contributed by atoms with Crippen LogP contribution >= 0.6 is 23.2 Å². The minimum Gasteiger partial charge on any atom is -0.478 e. The van der Waals surface area contributed by atoms with Crippen molar-refractivity contribution in [2.75, 3.05) is 0 Å². The standard InChI is InChI=1S/C14H8Cl2O4/c15-8-2-3-9(13(17)18)10(6-8)7-1-4-12(16)11(5-7)14(19)20/h1-6H,(H,17,18)(H,19,20). The number of aromatic carboxylic acids is 2. The Labute approximate surface area is 124 Å². The zero-order chi connectivity index (χ0) is 14.9. The van der Waals surface area contributed by atoms with E-state index in [9.17, 15) is 9.59 Å². The topological polar surface area (TPSA) is 74.6 Å². The third-order valence-electron chi connectivity index (χ3n) is 2.72. The van der Waals surface area contributed by atoms with E-state index in [1.807, 2.05) is 0 Å². The molecule has 0 radical (unpaired) electrons. The molecule has 0 unspecified atom stereocenters. The monoisotopic (exact) mass is 310 g/mol. The van der Waals surface area contributed by atoms with E-state index >= 15 is 0 Å². The van der Waals surface area contributed by atoms with Gasteiger partial charge >= 0.3 is 11.9 Å². The van der Waals surface area contributed by atoms with E-state index in [0.29, 0.717) is 16.1 Å². The van der Waals surface area contributed by atoms with Gasteiger partial charge in [0.15, 0.2) is 0 Å². The average molecular weight is 311 g/mol. The molecule has 0 atom stereocenters. The minimum absolute atomic E-state index is 0.0352. The number of rotatable bonds is 3. The van der Waals surface area contributed by atoms with Crippen LogP contribution in [-0.2, 0) is 0 Å². The number of carboxylic acids is 2. The molecule has 4 nitrogen and oxygen atoms in total. The van der Waals surface area contributed by atoms with Gasteiger partial charge in [0.05, 0.1) is 16.1 Å². The predicted molar refractivity (Wildman–Crippen MR) is 75.8 cm³/mol. The molecular weight excluding hydrogens is 303 g/mol. The molecule has 0 aliphatic rings. The summed E-state index contributed by atoms with van der Waals surface area (Å²) < 4.78 is 0. The van der Waals surface area contributed by atoms with Crippen LogP contribution in [0.15, 0.2) is 36.4 Å². The van der Waals surface area contributed by atoms with Gasteiger partial charge in [-0.2, -0.15) is 0 Å². The van der Waals surface area contributed by atoms with Crippen molar-refractivity contribution < 1.29 is 19.8 Å². The number of benzene rings is 2. The number of carbonyl (C=O) groups is 2. The van der Waals surface area contributed by atoms with Crippen LogP contribution in [0.4, 0.5) is 0 Å². The van der Waals surface area contributed by atoms with E-state index in [0.717, 1.165) is 0 Å². The van der Waals surface area contributed by atoms with Crippen molar-refractivity contribution in [1.82, 2.24) is 0 Å². The quantitative estimate of drug-likeness (QED) is 0.896. The van der Waals surface area contributed by atoms with E-state index in [-0.39, 0.29) is 16.1 Å². The average Bonchev–Trinajstić information content (AvgIpc) is 2.38. The molecule has 0 saturated carbocycles. The molecule has 6 heteroatoms. The molecule has 2 aromatic rings. The molecule has 0 aliphatic heterocycles. The highest BCUT2D eigenvalue weighted by molar-refractivity contribution is 6.33. The second kappa shape index (κ2) is 5.53. The van der Waals surface area contributed by atoms with Crippen molar-refractivity contribution in [3.8, 4) is 11.1 Å². The smallest absolute Gasteiger partial charge is 0.337 e. The zero-order valence-corrected chi connectivity index (χ0v) is 11.4. The molecule has 0 aliphatic carbocycles. The van der Waals surface area contributed by atoms with Gasteiger partial charge in [-0.05, 0) is 41.5 Å². The molecule has 0 saturated heterocycles. The molecule has 2 aromatic carbocycles.